The van der Waals surface area contributed by atoms with E-state index in [1.165, 1.54) is 10.8 Å². The summed E-state index contributed by atoms with van der Waals surface area (Å²) in [6.45, 7) is 3.82. The zero-order chi connectivity index (χ0) is 27.7. The average molecular weight is 586 g/mol. The predicted molar refractivity (Wildman–Crippen MR) is 156 cm³/mol. The lowest BCUT2D eigenvalue weighted by Crippen LogP contribution is -2.42. The number of anilines is 2. The molecule has 12 heteroatoms. The second kappa shape index (κ2) is 11.0. The van der Waals surface area contributed by atoms with E-state index in [4.69, 9.17) is 23.2 Å². The van der Waals surface area contributed by atoms with Gasteiger partial charge in [0.1, 0.15) is 0 Å². The number of aromatic nitrogens is 4. The summed E-state index contributed by atoms with van der Waals surface area (Å²) in [7, 11) is -2.26. The van der Waals surface area contributed by atoms with Gasteiger partial charge < -0.3 is 5.32 Å². The van der Waals surface area contributed by atoms with Crippen LogP contribution in [0, 0.1) is 13.8 Å². The maximum atomic E-state index is 13.8. The normalized spacial score (nSPS) is 14.4. The highest BCUT2D eigenvalue weighted by atomic mass is 35.5. The lowest BCUT2D eigenvalue weighted by molar-refractivity contribution is 0.655. The van der Waals surface area contributed by atoms with Crippen molar-refractivity contribution in [3.05, 3.63) is 103 Å². The van der Waals surface area contributed by atoms with Gasteiger partial charge >= 0.3 is 11.4 Å². The van der Waals surface area contributed by atoms with Crippen LogP contribution in [0.1, 0.15) is 29.5 Å². The van der Waals surface area contributed by atoms with E-state index < -0.39 is 21.1 Å². The Labute approximate surface area is 235 Å². The summed E-state index contributed by atoms with van der Waals surface area (Å²) in [4.78, 5) is 35.2. The van der Waals surface area contributed by atoms with Gasteiger partial charge in [-0.1, -0.05) is 29.3 Å². The molecule has 0 unspecified atom stereocenters. The van der Waals surface area contributed by atoms with Gasteiger partial charge in [0, 0.05) is 22.7 Å². The predicted octanol–water partition coefficient (Wildman–Crippen LogP) is 5.40. The van der Waals surface area contributed by atoms with E-state index in [2.05, 4.69) is 19.6 Å². The highest BCUT2D eigenvalue weighted by Gasteiger charge is 2.19. The van der Waals surface area contributed by atoms with Crippen molar-refractivity contribution in [2.45, 2.75) is 33.2 Å². The number of pyridine rings is 1. The zero-order valence-electron chi connectivity index (χ0n) is 21.4. The van der Waals surface area contributed by atoms with Crippen LogP contribution >= 0.6 is 23.2 Å². The minimum Gasteiger partial charge on any atom is -0.324 e. The highest BCUT2D eigenvalue weighted by molar-refractivity contribution is 7.93. The Morgan fingerprint density at radius 3 is 2.51 bits per heavy atom. The van der Waals surface area contributed by atoms with Crippen molar-refractivity contribution < 1.29 is 4.21 Å². The first kappa shape index (κ1) is 27.1. The first-order chi connectivity index (χ1) is 18.6. The fourth-order valence-corrected chi connectivity index (χ4v) is 7.03. The van der Waals surface area contributed by atoms with Gasteiger partial charge in [-0.05, 0) is 79.8 Å². The fraction of sp³-hybridized carbons (Fsp3) is 0.259. The van der Waals surface area contributed by atoms with Crippen molar-refractivity contribution in [2.24, 2.45) is 4.36 Å². The van der Waals surface area contributed by atoms with Gasteiger partial charge in [-0.25, -0.2) is 18.4 Å². The summed E-state index contributed by atoms with van der Waals surface area (Å²) in [6.07, 6.45) is 4.87. The molecule has 9 nitrogen and oxygen atoms in total. The molecule has 2 aromatic heterocycles. The Balaban J connectivity index is 1.61. The molecule has 39 heavy (non-hydrogen) atoms. The van der Waals surface area contributed by atoms with Gasteiger partial charge in [0.05, 0.1) is 44.6 Å². The van der Waals surface area contributed by atoms with E-state index >= 15 is 0 Å². The van der Waals surface area contributed by atoms with Crippen molar-refractivity contribution in [2.75, 3.05) is 16.8 Å². The standard InChI is InChI=1S/C27H26Cl2N6O3S/c1-17-11-22(15-30-14-17)35-26(36)32-25(34(27(35)37)16-19-12-20(28)6-5-18(19)2)31-24-8-7-21(13-23(24)29)33-39(38)9-3-4-10-39/h5-8,11-15H,3-4,9-10,16H2,1-2H3,(H,31,32,36). The molecule has 0 saturated carbocycles. The smallest absolute Gasteiger partial charge is 0.324 e. The van der Waals surface area contributed by atoms with Gasteiger partial charge in [0.2, 0.25) is 5.95 Å². The molecule has 202 valence electrons. The molecule has 1 saturated heterocycles. The van der Waals surface area contributed by atoms with Crippen LogP contribution in [0.25, 0.3) is 5.69 Å². The van der Waals surface area contributed by atoms with Crippen molar-refractivity contribution in [1.82, 2.24) is 19.1 Å². The highest BCUT2D eigenvalue weighted by Crippen LogP contribution is 2.31. The summed E-state index contributed by atoms with van der Waals surface area (Å²) in [5, 5.41) is 3.84. The van der Waals surface area contributed by atoms with Crippen LogP contribution in [-0.2, 0) is 16.3 Å². The second-order valence-corrected chi connectivity index (χ2v) is 12.9. The third-order valence-electron chi connectivity index (χ3n) is 6.48. The largest absolute Gasteiger partial charge is 0.359 e. The van der Waals surface area contributed by atoms with E-state index in [-0.39, 0.29) is 17.5 Å². The molecule has 0 bridgehead atoms. The summed E-state index contributed by atoms with van der Waals surface area (Å²) >= 11 is 12.8. The lowest BCUT2D eigenvalue weighted by atomic mass is 10.1. The van der Waals surface area contributed by atoms with Gasteiger partial charge in [-0.3, -0.25) is 9.55 Å². The maximum absolute atomic E-state index is 13.8. The molecule has 0 radical (unpaired) electrons. The molecule has 0 aliphatic carbocycles. The zero-order valence-corrected chi connectivity index (χ0v) is 23.7. The molecule has 1 N–H and O–H groups in total. The average Bonchev–Trinajstić information content (AvgIpc) is 3.31. The molecule has 4 aromatic rings. The molecule has 0 atom stereocenters. The Hall–Kier alpha value is -3.47. The molecule has 0 amide bonds. The van der Waals surface area contributed by atoms with Gasteiger partial charge in [0.25, 0.3) is 0 Å². The molecule has 1 fully saturated rings. The summed E-state index contributed by atoms with van der Waals surface area (Å²) in [6, 6.07) is 12.1. The number of aryl methyl sites for hydroxylation is 2. The minimum atomic E-state index is -2.26. The Bertz CT molecular complexity index is 1810. The molecule has 1 aliphatic rings. The van der Waals surface area contributed by atoms with E-state index in [0.717, 1.165) is 34.1 Å². The minimum absolute atomic E-state index is 0.00883. The first-order valence-corrected chi connectivity index (χ1v) is 14.9. The van der Waals surface area contributed by atoms with Crippen LogP contribution in [0.2, 0.25) is 10.0 Å². The number of nitrogens with one attached hydrogen (secondary N) is 1. The van der Waals surface area contributed by atoms with Crippen LogP contribution in [0.5, 0.6) is 0 Å². The van der Waals surface area contributed by atoms with Crippen molar-refractivity contribution >= 4 is 50.3 Å². The molecule has 2 aromatic carbocycles. The van der Waals surface area contributed by atoms with Crippen LogP contribution in [-0.4, -0.2) is 34.8 Å². The van der Waals surface area contributed by atoms with E-state index in [9.17, 15) is 13.8 Å². The molecule has 3 heterocycles. The third-order valence-corrected chi connectivity index (χ3v) is 9.42. The van der Waals surface area contributed by atoms with Crippen molar-refractivity contribution in [1.29, 1.82) is 0 Å². The number of hydrogen-bond donors (Lipinski definition) is 1. The summed E-state index contributed by atoms with van der Waals surface area (Å²) in [5.41, 5.74) is 2.34. The third kappa shape index (κ3) is 5.93. The number of halogens is 2. The summed E-state index contributed by atoms with van der Waals surface area (Å²) in [5.74, 6) is 1.17. The number of benzene rings is 2. The first-order valence-electron chi connectivity index (χ1n) is 12.3. The Kier molecular flexibility index (Phi) is 7.61. The molecule has 0 spiro atoms. The Morgan fingerprint density at radius 1 is 1.03 bits per heavy atom. The Morgan fingerprint density at radius 2 is 1.79 bits per heavy atom. The maximum Gasteiger partial charge on any atom is 0.359 e. The molecular formula is C27H26Cl2N6O3S. The van der Waals surface area contributed by atoms with Crippen LogP contribution < -0.4 is 16.7 Å². The van der Waals surface area contributed by atoms with Crippen molar-refractivity contribution in [3.63, 3.8) is 0 Å². The number of rotatable bonds is 6. The quantitative estimate of drug-likeness (QED) is 0.325. The van der Waals surface area contributed by atoms with Gasteiger partial charge in [0.15, 0.2) is 0 Å². The molecular weight excluding hydrogens is 559 g/mol. The molecule has 5 rings (SSSR count). The number of nitrogens with zero attached hydrogens (tertiary/aromatic N) is 5. The lowest BCUT2D eigenvalue weighted by Gasteiger charge is -2.17. The second-order valence-electron chi connectivity index (χ2n) is 9.48. The van der Waals surface area contributed by atoms with Crippen LogP contribution in [0.3, 0.4) is 0 Å². The summed E-state index contributed by atoms with van der Waals surface area (Å²) < 4.78 is 19.6. The van der Waals surface area contributed by atoms with E-state index in [1.54, 1.807) is 42.6 Å². The monoisotopic (exact) mass is 584 g/mol. The topological polar surface area (TPSA) is 111 Å². The number of hydrogen-bond acceptors (Lipinski definition) is 7. The van der Waals surface area contributed by atoms with Crippen LogP contribution in [0.15, 0.2) is 68.8 Å². The van der Waals surface area contributed by atoms with Gasteiger partial charge in [-0.2, -0.15) is 9.35 Å². The fourth-order valence-electron chi connectivity index (χ4n) is 4.42. The SMILES string of the molecule is Cc1cncc(-n2c(=O)nc(Nc3ccc(N=S4(=O)CCCC4)cc3Cl)n(Cc3cc(Cl)ccc3C)c2=O)c1. The van der Waals surface area contributed by atoms with E-state index in [1.807, 2.05) is 19.9 Å². The van der Waals surface area contributed by atoms with Gasteiger partial charge in [-0.15, -0.1) is 0 Å². The van der Waals surface area contributed by atoms with Crippen LogP contribution in [0.4, 0.5) is 17.3 Å². The molecule has 1 aliphatic heterocycles. The van der Waals surface area contributed by atoms with Crippen molar-refractivity contribution in [3.8, 4) is 5.69 Å². The van der Waals surface area contributed by atoms with E-state index in [0.29, 0.717) is 33.6 Å².